The molecule has 2 nitrogen and oxygen atoms in total. The van der Waals surface area contributed by atoms with E-state index in [1.165, 1.54) is 0 Å². The lowest BCUT2D eigenvalue weighted by Gasteiger charge is -2.18. The summed E-state index contributed by atoms with van der Waals surface area (Å²) in [6.45, 7) is 3.84. The van der Waals surface area contributed by atoms with Gasteiger partial charge in [-0.15, -0.1) is 0 Å². The van der Waals surface area contributed by atoms with E-state index < -0.39 is 0 Å². The molecule has 0 unspecified atom stereocenters. The first kappa shape index (κ1) is 8.76. The highest BCUT2D eigenvalue weighted by Crippen LogP contribution is 2.17. The Bertz CT molecular complexity index is 315. The fraction of sp³-hybridized carbons (Fsp3) is 0.300. The molecule has 0 aromatic heterocycles. The summed E-state index contributed by atoms with van der Waals surface area (Å²) in [6.07, 6.45) is 0. The zero-order valence-electron chi connectivity index (χ0n) is 7.33. The summed E-state index contributed by atoms with van der Waals surface area (Å²) >= 11 is 0. The molecule has 1 aromatic carbocycles. The van der Waals surface area contributed by atoms with E-state index in [9.17, 15) is 0 Å². The minimum atomic E-state index is -0.368. The molecule has 0 amide bonds. The third-order valence-corrected chi connectivity index (χ3v) is 1.74. The predicted octanol–water partition coefficient (Wildman–Crippen LogP) is 1.75. The monoisotopic (exact) mass is 160 g/mol. The van der Waals surface area contributed by atoms with Crippen LogP contribution < -0.4 is 5.73 Å². The summed E-state index contributed by atoms with van der Waals surface area (Å²) in [5.74, 6) is 0. The lowest BCUT2D eigenvalue weighted by molar-refractivity contribution is 0.554. The molecule has 1 aromatic rings. The first-order valence-corrected chi connectivity index (χ1v) is 3.83. The van der Waals surface area contributed by atoms with Crippen molar-refractivity contribution in [2.45, 2.75) is 19.4 Å². The molecule has 1 rings (SSSR count). The molecule has 0 aliphatic heterocycles. The van der Waals surface area contributed by atoms with Gasteiger partial charge in [-0.25, -0.2) is 0 Å². The molecule has 0 radical (unpaired) electrons. The molecule has 0 saturated carbocycles. The molecule has 2 N–H and O–H groups in total. The number of hydrogen-bond donors (Lipinski definition) is 1. The van der Waals surface area contributed by atoms with Crippen LogP contribution in [0.25, 0.3) is 0 Å². The molecule has 62 valence electrons. The van der Waals surface area contributed by atoms with Crippen molar-refractivity contribution in [2.24, 2.45) is 5.73 Å². The van der Waals surface area contributed by atoms with Crippen molar-refractivity contribution in [3.63, 3.8) is 0 Å². The third-order valence-electron chi connectivity index (χ3n) is 1.74. The summed E-state index contributed by atoms with van der Waals surface area (Å²) in [7, 11) is 0. The maximum Gasteiger partial charge on any atom is 0.0991 e. The third kappa shape index (κ3) is 1.84. The molecular weight excluding hydrogens is 148 g/mol. The molecule has 2 heteroatoms. The fourth-order valence-corrected chi connectivity index (χ4v) is 0.990. The van der Waals surface area contributed by atoms with Crippen molar-refractivity contribution in [3.05, 3.63) is 35.4 Å². The van der Waals surface area contributed by atoms with Crippen molar-refractivity contribution in [1.29, 1.82) is 5.26 Å². The normalized spacial score (nSPS) is 10.8. The minimum Gasteiger partial charge on any atom is -0.322 e. The Labute approximate surface area is 72.6 Å². The van der Waals surface area contributed by atoms with Gasteiger partial charge in [0.15, 0.2) is 0 Å². The smallest absolute Gasteiger partial charge is 0.0991 e. The van der Waals surface area contributed by atoms with Crippen molar-refractivity contribution in [3.8, 4) is 6.07 Å². The zero-order chi connectivity index (χ0) is 9.19. The largest absolute Gasteiger partial charge is 0.322 e. The van der Waals surface area contributed by atoms with Crippen molar-refractivity contribution >= 4 is 0 Å². The molecule has 0 fully saturated rings. The lowest BCUT2D eigenvalue weighted by Crippen LogP contribution is -2.28. The van der Waals surface area contributed by atoms with Crippen LogP contribution in [-0.2, 0) is 5.54 Å². The summed E-state index contributed by atoms with van der Waals surface area (Å²) in [5, 5.41) is 8.64. The molecule has 0 bridgehead atoms. The van der Waals surface area contributed by atoms with Gasteiger partial charge in [-0.1, -0.05) is 12.1 Å². The van der Waals surface area contributed by atoms with Gasteiger partial charge in [0.1, 0.15) is 0 Å². The van der Waals surface area contributed by atoms with Crippen LogP contribution in [0.4, 0.5) is 0 Å². The van der Waals surface area contributed by atoms with Crippen LogP contribution in [0.3, 0.4) is 0 Å². The van der Waals surface area contributed by atoms with Gasteiger partial charge < -0.3 is 5.73 Å². The Hall–Kier alpha value is -1.33. The highest BCUT2D eigenvalue weighted by Gasteiger charge is 2.13. The van der Waals surface area contributed by atoms with Crippen molar-refractivity contribution in [1.82, 2.24) is 0 Å². The summed E-state index contributed by atoms with van der Waals surface area (Å²) in [6, 6.07) is 9.46. The Kier molecular flexibility index (Phi) is 2.16. The first-order chi connectivity index (χ1) is 5.54. The van der Waals surface area contributed by atoms with Crippen LogP contribution in [0.15, 0.2) is 24.3 Å². The van der Waals surface area contributed by atoms with Crippen LogP contribution >= 0.6 is 0 Å². The average Bonchev–Trinajstić information content (AvgIpc) is 2.03. The highest BCUT2D eigenvalue weighted by atomic mass is 14.7. The van der Waals surface area contributed by atoms with Gasteiger partial charge in [-0.05, 0) is 31.5 Å². The second-order valence-corrected chi connectivity index (χ2v) is 3.41. The number of hydrogen-bond acceptors (Lipinski definition) is 2. The lowest BCUT2D eigenvalue weighted by atomic mass is 9.94. The standard InChI is InChI=1S/C10H12N2/c1-10(2,12)9-5-3-4-8(6-9)7-11/h3-6H,12H2,1-2H3. The second kappa shape index (κ2) is 2.96. The van der Waals surface area contributed by atoms with Crippen LogP contribution in [-0.4, -0.2) is 0 Å². The maximum absolute atomic E-state index is 8.64. The van der Waals surface area contributed by atoms with E-state index in [2.05, 4.69) is 6.07 Å². The van der Waals surface area contributed by atoms with E-state index in [1.54, 1.807) is 6.07 Å². The first-order valence-electron chi connectivity index (χ1n) is 3.83. The molecule has 0 saturated heterocycles. The number of rotatable bonds is 1. The van der Waals surface area contributed by atoms with E-state index in [-0.39, 0.29) is 5.54 Å². The van der Waals surface area contributed by atoms with Gasteiger partial charge in [0.2, 0.25) is 0 Å². The quantitative estimate of drug-likeness (QED) is 0.680. The topological polar surface area (TPSA) is 49.8 Å². The summed E-state index contributed by atoms with van der Waals surface area (Å²) in [4.78, 5) is 0. The minimum absolute atomic E-state index is 0.368. The Balaban J connectivity index is 3.13. The average molecular weight is 160 g/mol. The number of nitrogens with two attached hydrogens (primary N) is 1. The maximum atomic E-state index is 8.64. The van der Waals surface area contributed by atoms with E-state index in [4.69, 9.17) is 11.0 Å². The van der Waals surface area contributed by atoms with E-state index in [0.717, 1.165) is 5.56 Å². The van der Waals surface area contributed by atoms with Crippen LogP contribution in [0.2, 0.25) is 0 Å². The van der Waals surface area contributed by atoms with Gasteiger partial charge in [-0.2, -0.15) is 5.26 Å². The van der Waals surface area contributed by atoms with Gasteiger partial charge in [0.25, 0.3) is 0 Å². The Morgan fingerprint density at radius 3 is 2.58 bits per heavy atom. The van der Waals surface area contributed by atoms with Crippen LogP contribution in [0.1, 0.15) is 25.0 Å². The van der Waals surface area contributed by atoms with Gasteiger partial charge in [0, 0.05) is 5.54 Å². The molecular formula is C10H12N2. The van der Waals surface area contributed by atoms with Gasteiger partial charge in [0.05, 0.1) is 11.6 Å². The molecule has 0 heterocycles. The SMILES string of the molecule is CC(C)(N)c1cccc(C#N)c1. The van der Waals surface area contributed by atoms with E-state index in [1.807, 2.05) is 32.0 Å². The van der Waals surface area contributed by atoms with Gasteiger partial charge >= 0.3 is 0 Å². The van der Waals surface area contributed by atoms with Crippen molar-refractivity contribution in [2.75, 3.05) is 0 Å². The van der Waals surface area contributed by atoms with E-state index >= 15 is 0 Å². The molecule has 0 atom stereocenters. The van der Waals surface area contributed by atoms with Crippen LogP contribution in [0.5, 0.6) is 0 Å². The van der Waals surface area contributed by atoms with Crippen molar-refractivity contribution < 1.29 is 0 Å². The molecule has 12 heavy (non-hydrogen) atoms. The number of nitriles is 1. The fourth-order valence-electron chi connectivity index (χ4n) is 0.990. The number of nitrogens with zero attached hydrogens (tertiary/aromatic N) is 1. The number of benzene rings is 1. The molecule has 0 spiro atoms. The predicted molar refractivity (Wildman–Crippen MR) is 48.4 cm³/mol. The highest BCUT2D eigenvalue weighted by molar-refractivity contribution is 5.35. The Morgan fingerprint density at radius 2 is 2.08 bits per heavy atom. The van der Waals surface area contributed by atoms with E-state index in [0.29, 0.717) is 5.56 Å². The van der Waals surface area contributed by atoms with Gasteiger partial charge in [-0.3, -0.25) is 0 Å². The Morgan fingerprint density at radius 1 is 1.42 bits per heavy atom. The summed E-state index contributed by atoms with van der Waals surface area (Å²) < 4.78 is 0. The second-order valence-electron chi connectivity index (χ2n) is 3.41. The zero-order valence-corrected chi connectivity index (χ0v) is 7.33. The molecule has 0 aliphatic carbocycles. The summed E-state index contributed by atoms with van der Waals surface area (Å²) in [5.41, 5.74) is 7.15. The van der Waals surface area contributed by atoms with Crippen LogP contribution in [0, 0.1) is 11.3 Å². The molecule has 0 aliphatic rings.